The lowest BCUT2D eigenvalue weighted by molar-refractivity contribution is -0.144. The molecule has 2 heteroatoms. The van der Waals surface area contributed by atoms with Gasteiger partial charge < -0.3 is 4.74 Å². The summed E-state index contributed by atoms with van der Waals surface area (Å²) in [6, 6.07) is 0. The minimum Gasteiger partial charge on any atom is -0.458 e. The van der Waals surface area contributed by atoms with Gasteiger partial charge in [-0.15, -0.1) is 0 Å². The highest BCUT2D eigenvalue weighted by molar-refractivity contribution is 5.66. The smallest absolute Gasteiger partial charge is 0.303 e. The topological polar surface area (TPSA) is 26.3 Å². The van der Waals surface area contributed by atoms with E-state index >= 15 is 0 Å². The Morgan fingerprint density at radius 3 is 2.73 bits per heavy atom. The molecule has 0 saturated carbocycles. The van der Waals surface area contributed by atoms with Crippen molar-refractivity contribution in [1.82, 2.24) is 0 Å². The zero-order valence-electron chi connectivity index (χ0n) is 7.17. The average Bonchev–Trinajstić information content (AvgIpc) is 1.97. The maximum Gasteiger partial charge on any atom is 0.303 e. The van der Waals surface area contributed by atoms with E-state index in [0.717, 1.165) is 19.3 Å². The summed E-state index contributed by atoms with van der Waals surface area (Å²) in [5, 5.41) is 0. The Morgan fingerprint density at radius 2 is 2.36 bits per heavy atom. The third kappa shape index (κ3) is 5.64. The van der Waals surface area contributed by atoms with Crippen LogP contribution in [0.15, 0.2) is 6.08 Å². The molecular formula is C9H15O2. The third-order valence-corrected chi connectivity index (χ3v) is 1.37. The van der Waals surface area contributed by atoms with Gasteiger partial charge in [0.25, 0.3) is 0 Å². The molecule has 0 spiro atoms. The van der Waals surface area contributed by atoms with Crippen molar-refractivity contribution in [3.8, 4) is 0 Å². The van der Waals surface area contributed by atoms with Gasteiger partial charge in [0, 0.05) is 6.92 Å². The lowest BCUT2D eigenvalue weighted by Gasteiger charge is -2.10. The molecule has 0 N–H and O–H groups in total. The average molecular weight is 155 g/mol. The molecule has 63 valence electrons. The zero-order chi connectivity index (χ0) is 8.69. The summed E-state index contributed by atoms with van der Waals surface area (Å²) in [7, 11) is 0. The second-order valence-electron chi connectivity index (χ2n) is 2.48. The summed E-state index contributed by atoms with van der Waals surface area (Å²) >= 11 is 0. The van der Waals surface area contributed by atoms with Crippen molar-refractivity contribution in [2.75, 3.05) is 0 Å². The molecule has 0 amide bonds. The van der Waals surface area contributed by atoms with Crippen molar-refractivity contribution in [3.05, 3.63) is 12.7 Å². The first-order chi connectivity index (χ1) is 5.20. The van der Waals surface area contributed by atoms with Crippen LogP contribution < -0.4 is 0 Å². The lowest BCUT2D eigenvalue weighted by Crippen LogP contribution is -2.12. The van der Waals surface area contributed by atoms with Crippen molar-refractivity contribution in [1.29, 1.82) is 0 Å². The van der Waals surface area contributed by atoms with Crippen LogP contribution in [-0.2, 0) is 9.53 Å². The maximum absolute atomic E-state index is 10.5. The molecule has 1 radical (unpaired) electrons. The van der Waals surface area contributed by atoms with E-state index < -0.39 is 0 Å². The van der Waals surface area contributed by atoms with Crippen LogP contribution >= 0.6 is 0 Å². The normalized spacial score (nSPS) is 12.2. The zero-order valence-corrected chi connectivity index (χ0v) is 7.17. The minimum atomic E-state index is -0.271. The van der Waals surface area contributed by atoms with E-state index in [1.54, 1.807) is 0 Å². The number of hydrogen-bond donors (Lipinski definition) is 0. The number of hydrogen-bond acceptors (Lipinski definition) is 2. The predicted molar refractivity (Wildman–Crippen MR) is 43.9 cm³/mol. The van der Waals surface area contributed by atoms with Gasteiger partial charge in [0.05, 0.1) is 0 Å². The highest BCUT2D eigenvalue weighted by Crippen LogP contribution is 2.05. The van der Waals surface area contributed by atoms with Crippen molar-refractivity contribution >= 4 is 5.97 Å². The molecule has 0 heterocycles. The quantitative estimate of drug-likeness (QED) is 0.568. The molecular weight excluding hydrogens is 140 g/mol. The molecule has 11 heavy (non-hydrogen) atoms. The van der Waals surface area contributed by atoms with Crippen molar-refractivity contribution in [3.63, 3.8) is 0 Å². The van der Waals surface area contributed by atoms with Crippen LogP contribution in [-0.4, -0.2) is 12.1 Å². The number of rotatable bonds is 5. The molecule has 0 aliphatic carbocycles. The first-order valence-corrected chi connectivity index (χ1v) is 3.93. The van der Waals surface area contributed by atoms with Gasteiger partial charge in [-0.3, -0.25) is 4.79 Å². The van der Waals surface area contributed by atoms with Gasteiger partial charge >= 0.3 is 5.97 Å². The second-order valence-corrected chi connectivity index (χ2v) is 2.48. The van der Waals surface area contributed by atoms with Gasteiger partial charge in [-0.1, -0.05) is 19.9 Å². The third-order valence-electron chi connectivity index (χ3n) is 1.37. The van der Waals surface area contributed by atoms with E-state index in [1.165, 1.54) is 13.0 Å². The fraction of sp³-hybridized carbons (Fsp3) is 0.667. The number of carbonyl (C=O) groups is 1. The van der Waals surface area contributed by atoms with E-state index in [1.807, 2.05) is 0 Å². The molecule has 0 aliphatic heterocycles. The van der Waals surface area contributed by atoms with E-state index in [-0.39, 0.29) is 12.1 Å². The SMILES string of the molecule is [CH]=CC(CCCC)OC(C)=O. The molecule has 0 fully saturated rings. The predicted octanol–water partition coefficient (Wildman–Crippen LogP) is 2.10. The molecule has 0 aromatic carbocycles. The van der Waals surface area contributed by atoms with Crippen LogP contribution in [0.5, 0.6) is 0 Å². The van der Waals surface area contributed by atoms with E-state index in [2.05, 4.69) is 6.92 Å². The second kappa shape index (κ2) is 5.96. The Morgan fingerprint density at radius 1 is 1.73 bits per heavy atom. The fourth-order valence-electron chi connectivity index (χ4n) is 0.813. The summed E-state index contributed by atoms with van der Waals surface area (Å²) in [5.41, 5.74) is 0. The molecule has 0 aromatic heterocycles. The standard InChI is InChI=1S/C9H15O2/c1-4-6-7-9(5-2)11-8(3)10/h2,5,9H,4,6-7H2,1,3H3. The van der Waals surface area contributed by atoms with E-state index in [4.69, 9.17) is 11.3 Å². The van der Waals surface area contributed by atoms with Crippen LogP contribution in [0.25, 0.3) is 0 Å². The van der Waals surface area contributed by atoms with Crippen LogP contribution in [0.3, 0.4) is 0 Å². The largest absolute Gasteiger partial charge is 0.458 e. The summed E-state index contributed by atoms with van der Waals surface area (Å²) in [4.78, 5) is 10.5. The molecule has 1 unspecified atom stereocenters. The molecule has 0 rings (SSSR count). The molecule has 0 bridgehead atoms. The Labute approximate surface area is 68.2 Å². The first kappa shape index (κ1) is 10.2. The van der Waals surface area contributed by atoms with Gasteiger partial charge in [-0.25, -0.2) is 0 Å². The lowest BCUT2D eigenvalue weighted by atomic mass is 10.1. The van der Waals surface area contributed by atoms with Crippen LogP contribution in [0, 0.1) is 6.58 Å². The van der Waals surface area contributed by atoms with Gasteiger partial charge in [0.1, 0.15) is 6.10 Å². The summed E-state index contributed by atoms with van der Waals surface area (Å²) < 4.78 is 4.88. The molecule has 1 atom stereocenters. The van der Waals surface area contributed by atoms with Gasteiger partial charge in [-0.2, -0.15) is 0 Å². The van der Waals surface area contributed by atoms with Crippen LogP contribution in [0.2, 0.25) is 0 Å². The maximum atomic E-state index is 10.5. The summed E-state index contributed by atoms with van der Waals surface area (Å²) in [6.45, 7) is 8.74. The van der Waals surface area contributed by atoms with Gasteiger partial charge in [0.15, 0.2) is 0 Å². The minimum absolute atomic E-state index is 0.201. The molecule has 0 aliphatic rings. The fourth-order valence-corrected chi connectivity index (χ4v) is 0.813. The van der Waals surface area contributed by atoms with Crippen molar-refractivity contribution < 1.29 is 9.53 Å². The summed E-state index contributed by atoms with van der Waals surface area (Å²) in [5.74, 6) is -0.271. The number of esters is 1. The monoisotopic (exact) mass is 155 g/mol. The molecule has 2 nitrogen and oxygen atoms in total. The molecule has 0 saturated heterocycles. The first-order valence-electron chi connectivity index (χ1n) is 3.93. The number of unbranched alkanes of at least 4 members (excludes halogenated alkanes) is 1. The summed E-state index contributed by atoms with van der Waals surface area (Å²) in [6.07, 6.45) is 4.17. The number of carbonyl (C=O) groups excluding carboxylic acids is 1. The van der Waals surface area contributed by atoms with Crippen LogP contribution in [0.1, 0.15) is 33.1 Å². The Bertz CT molecular complexity index is 130. The highest BCUT2D eigenvalue weighted by Gasteiger charge is 2.05. The van der Waals surface area contributed by atoms with Gasteiger partial charge in [0.2, 0.25) is 0 Å². The molecule has 0 aromatic rings. The number of ether oxygens (including phenoxy) is 1. The van der Waals surface area contributed by atoms with E-state index in [9.17, 15) is 4.79 Å². The van der Waals surface area contributed by atoms with Crippen LogP contribution in [0.4, 0.5) is 0 Å². The Kier molecular flexibility index (Phi) is 5.53. The Hall–Kier alpha value is -0.790. The highest BCUT2D eigenvalue weighted by atomic mass is 16.5. The Balaban J connectivity index is 3.57. The van der Waals surface area contributed by atoms with Crippen molar-refractivity contribution in [2.24, 2.45) is 0 Å². The van der Waals surface area contributed by atoms with Crippen molar-refractivity contribution in [2.45, 2.75) is 39.2 Å². The van der Waals surface area contributed by atoms with Gasteiger partial charge in [-0.05, 0) is 18.9 Å². The van der Waals surface area contributed by atoms with E-state index in [0.29, 0.717) is 0 Å².